The van der Waals surface area contributed by atoms with E-state index in [1.807, 2.05) is 25.8 Å². The van der Waals surface area contributed by atoms with Crippen LogP contribution in [-0.2, 0) is 11.3 Å². The minimum absolute atomic E-state index is 0.0181. The first kappa shape index (κ1) is 13.9. The molecule has 0 saturated carbocycles. The second-order valence-electron chi connectivity index (χ2n) is 4.36. The molecule has 1 aromatic heterocycles. The predicted octanol–water partition coefficient (Wildman–Crippen LogP) is 1.69. The van der Waals surface area contributed by atoms with Crippen LogP contribution in [0.3, 0.4) is 0 Å². The number of hydrogen-bond acceptors (Lipinski definition) is 3. The molecule has 1 amide bonds. The molecule has 17 heavy (non-hydrogen) atoms. The third kappa shape index (κ3) is 5.65. The van der Waals surface area contributed by atoms with Gasteiger partial charge in [0.1, 0.15) is 0 Å². The molecule has 0 radical (unpaired) electrons. The molecule has 0 aliphatic carbocycles. The van der Waals surface area contributed by atoms with E-state index < -0.39 is 0 Å². The van der Waals surface area contributed by atoms with Crippen LogP contribution in [0.5, 0.6) is 0 Å². The Bertz CT molecular complexity index is 382. The second kappa shape index (κ2) is 6.57. The van der Waals surface area contributed by atoms with E-state index in [-0.39, 0.29) is 11.9 Å². The van der Waals surface area contributed by atoms with Crippen molar-refractivity contribution < 1.29 is 4.79 Å². The van der Waals surface area contributed by atoms with E-state index in [0.29, 0.717) is 18.1 Å². The van der Waals surface area contributed by atoms with Gasteiger partial charge in [-0.25, -0.2) is 0 Å². The standard InChI is InChI=1S/C12H18ClN3O/c1-9(2)15-12(17)8-16(3)7-11-6-10(13)4-5-14-11/h4-6,9H,7-8H2,1-3H3,(H,15,17). The van der Waals surface area contributed by atoms with Gasteiger partial charge >= 0.3 is 0 Å². The molecule has 0 spiro atoms. The summed E-state index contributed by atoms with van der Waals surface area (Å²) in [5.74, 6) is 0.0181. The molecule has 0 fully saturated rings. The number of rotatable bonds is 5. The van der Waals surface area contributed by atoms with Crippen LogP contribution in [0, 0.1) is 0 Å². The maximum absolute atomic E-state index is 11.5. The Hall–Kier alpha value is -1.13. The van der Waals surface area contributed by atoms with Gasteiger partial charge in [0.2, 0.25) is 5.91 Å². The fourth-order valence-electron chi connectivity index (χ4n) is 1.48. The van der Waals surface area contributed by atoms with Crippen LogP contribution < -0.4 is 5.32 Å². The highest BCUT2D eigenvalue weighted by atomic mass is 35.5. The van der Waals surface area contributed by atoms with Crippen LogP contribution >= 0.6 is 11.6 Å². The van der Waals surface area contributed by atoms with E-state index in [2.05, 4.69) is 10.3 Å². The fourth-order valence-corrected chi connectivity index (χ4v) is 1.66. The minimum Gasteiger partial charge on any atom is -0.353 e. The van der Waals surface area contributed by atoms with Crippen LogP contribution in [0.25, 0.3) is 0 Å². The Balaban J connectivity index is 2.44. The highest BCUT2D eigenvalue weighted by Crippen LogP contribution is 2.09. The lowest BCUT2D eigenvalue weighted by Gasteiger charge is -2.17. The van der Waals surface area contributed by atoms with E-state index in [9.17, 15) is 4.79 Å². The summed E-state index contributed by atoms with van der Waals surface area (Å²) in [6.07, 6.45) is 1.67. The molecule has 4 nitrogen and oxygen atoms in total. The summed E-state index contributed by atoms with van der Waals surface area (Å²) in [7, 11) is 1.88. The average molecular weight is 256 g/mol. The van der Waals surface area contributed by atoms with Crippen LogP contribution in [-0.4, -0.2) is 35.4 Å². The van der Waals surface area contributed by atoms with Gasteiger partial charge in [0.05, 0.1) is 12.2 Å². The summed E-state index contributed by atoms with van der Waals surface area (Å²) < 4.78 is 0. The Morgan fingerprint density at radius 2 is 2.29 bits per heavy atom. The second-order valence-corrected chi connectivity index (χ2v) is 4.80. The first-order valence-corrected chi connectivity index (χ1v) is 5.93. The van der Waals surface area contributed by atoms with E-state index >= 15 is 0 Å². The summed E-state index contributed by atoms with van der Waals surface area (Å²) in [4.78, 5) is 17.6. The van der Waals surface area contributed by atoms with E-state index in [1.165, 1.54) is 0 Å². The lowest BCUT2D eigenvalue weighted by molar-refractivity contribution is -0.122. The van der Waals surface area contributed by atoms with Gasteiger partial charge < -0.3 is 5.32 Å². The minimum atomic E-state index is 0.0181. The van der Waals surface area contributed by atoms with Crippen molar-refractivity contribution in [3.63, 3.8) is 0 Å². The first-order valence-electron chi connectivity index (χ1n) is 5.55. The van der Waals surface area contributed by atoms with Crippen LogP contribution in [0.2, 0.25) is 5.02 Å². The molecular weight excluding hydrogens is 238 g/mol. The number of halogens is 1. The van der Waals surface area contributed by atoms with Crippen molar-refractivity contribution in [1.29, 1.82) is 0 Å². The van der Waals surface area contributed by atoms with Crippen molar-refractivity contribution in [2.45, 2.75) is 26.4 Å². The number of amides is 1. The summed E-state index contributed by atoms with van der Waals surface area (Å²) >= 11 is 5.87. The zero-order valence-electron chi connectivity index (χ0n) is 10.4. The maximum atomic E-state index is 11.5. The van der Waals surface area contributed by atoms with Crippen molar-refractivity contribution >= 4 is 17.5 Å². The molecule has 0 bridgehead atoms. The third-order valence-electron chi connectivity index (χ3n) is 2.07. The van der Waals surface area contributed by atoms with Gasteiger partial charge in [-0.3, -0.25) is 14.7 Å². The van der Waals surface area contributed by atoms with Gasteiger partial charge in [0.15, 0.2) is 0 Å². The number of likely N-dealkylation sites (N-methyl/N-ethyl adjacent to an activating group) is 1. The highest BCUT2D eigenvalue weighted by Gasteiger charge is 2.08. The molecule has 0 aliphatic rings. The number of hydrogen-bond donors (Lipinski definition) is 1. The first-order chi connectivity index (χ1) is 7.97. The van der Waals surface area contributed by atoms with Crippen molar-refractivity contribution in [2.24, 2.45) is 0 Å². The van der Waals surface area contributed by atoms with Crippen LogP contribution in [0.4, 0.5) is 0 Å². The summed E-state index contributed by atoms with van der Waals surface area (Å²) in [5, 5.41) is 3.51. The fraction of sp³-hybridized carbons (Fsp3) is 0.500. The number of nitrogens with zero attached hydrogens (tertiary/aromatic N) is 2. The number of aromatic nitrogens is 1. The molecule has 0 saturated heterocycles. The van der Waals surface area contributed by atoms with Crippen LogP contribution in [0.15, 0.2) is 18.3 Å². The molecule has 5 heteroatoms. The Kier molecular flexibility index (Phi) is 5.38. The van der Waals surface area contributed by atoms with Crippen molar-refractivity contribution in [3.05, 3.63) is 29.0 Å². The normalized spacial score (nSPS) is 10.9. The monoisotopic (exact) mass is 255 g/mol. The predicted molar refractivity (Wildman–Crippen MR) is 68.9 cm³/mol. The molecule has 94 valence electrons. The van der Waals surface area contributed by atoms with Gasteiger partial charge in [-0.2, -0.15) is 0 Å². The van der Waals surface area contributed by atoms with Crippen LogP contribution in [0.1, 0.15) is 19.5 Å². The van der Waals surface area contributed by atoms with Crippen molar-refractivity contribution in [3.8, 4) is 0 Å². The quantitative estimate of drug-likeness (QED) is 0.871. The van der Waals surface area contributed by atoms with Crippen molar-refractivity contribution in [1.82, 2.24) is 15.2 Å². The maximum Gasteiger partial charge on any atom is 0.234 e. The summed E-state index contributed by atoms with van der Waals surface area (Å²) in [6, 6.07) is 3.70. The molecule has 0 unspecified atom stereocenters. The number of carbonyl (C=O) groups is 1. The largest absolute Gasteiger partial charge is 0.353 e. The molecule has 1 N–H and O–H groups in total. The lowest BCUT2D eigenvalue weighted by atomic mass is 10.3. The zero-order chi connectivity index (χ0) is 12.8. The topological polar surface area (TPSA) is 45.2 Å². The van der Waals surface area contributed by atoms with Crippen molar-refractivity contribution in [2.75, 3.05) is 13.6 Å². The molecule has 1 rings (SSSR count). The zero-order valence-corrected chi connectivity index (χ0v) is 11.2. The van der Waals surface area contributed by atoms with E-state index in [1.54, 1.807) is 18.3 Å². The highest BCUT2D eigenvalue weighted by molar-refractivity contribution is 6.30. The van der Waals surface area contributed by atoms with Gasteiger partial charge in [-0.05, 0) is 33.0 Å². The van der Waals surface area contributed by atoms with Gasteiger partial charge in [-0.15, -0.1) is 0 Å². The van der Waals surface area contributed by atoms with E-state index in [0.717, 1.165) is 5.69 Å². The molecule has 0 aromatic carbocycles. The van der Waals surface area contributed by atoms with E-state index in [4.69, 9.17) is 11.6 Å². The lowest BCUT2D eigenvalue weighted by Crippen LogP contribution is -2.38. The SMILES string of the molecule is CC(C)NC(=O)CN(C)Cc1cc(Cl)ccn1. The molecule has 1 heterocycles. The Morgan fingerprint density at radius 1 is 1.59 bits per heavy atom. The molecule has 0 atom stereocenters. The van der Waals surface area contributed by atoms with Gasteiger partial charge in [-0.1, -0.05) is 11.6 Å². The number of carbonyl (C=O) groups excluding carboxylic acids is 1. The third-order valence-corrected chi connectivity index (χ3v) is 2.31. The average Bonchev–Trinajstić information content (AvgIpc) is 2.14. The summed E-state index contributed by atoms with van der Waals surface area (Å²) in [5.41, 5.74) is 0.859. The number of pyridine rings is 1. The summed E-state index contributed by atoms with van der Waals surface area (Å²) in [6.45, 7) is 4.84. The van der Waals surface area contributed by atoms with Gasteiger partial charge in [0, 0.05) is 23.8 Å². The molecular formula is C12H18ClN3O. The Labute approximate surface area is 107 Å². The number of nitrogens with one attached hydrogen (secondary N) is 1. The smallest absolute Gasteiger partial charge is 0.234 e. The molecule has 1 aromatic rings. The van der Waals surface area contributed by atoms with Gasteiger partial charge in [0.25, 0.3) is 0 Å². The molecule has 0 aliphatic heterocycles. The Morgan fingerprint density at radius 3 is 2.88 bits per heavy atom.